The largest absolute Gasteiger partial charge is 0.305 e. The smallest absolute Gasteiger partial charge is 0.101 e. The maximum absolute atomic E-state index is 8.65. The number of hydrogen-bond acceptors (Lipinski definition) is 2. The minimum Gasteiger partial charge on any atom is -0.305 e. The zero-order chi connectivity index (χ0) is 9.84. The average molecular weight is 195 g/mol. The zero-order valence-corrected chi connectivity index (χ0v) is 8.47. The third kappa shape index (κ3) is 2.73. The summed E-state index contributed by atoms with van der Waals surface area (Å²) in [5, 5.41) is 9.18. The van der Waals surface area contributed by atoms with Gasteiger partial charge in [0.1, 0.15) is 6.07 Å². The molecule has 0 saturated carbocycles. The summed E-state index contributed by atoms with van der Waals surface area (Å²) < 4.78 is 0. The third-order valence-corrected chi connectivity index (χ3v) is 1.97. The zero-order valence-electron chi connectivity index (χ0n) is 7.71. The van der Waals surface area contributed by atoms with E-state index < -0.39 is 0 Å². The van der Waals surface area contributed by atoms with Crippen LogP contribution in [0.5, 0.6) is 0 Å². The highest BCUT2D eigenvalue weighted by molar-refractivity contribution is 6.31. The highest BCUT2D eigenvalue weighted by Crippen LogP contribution is 2.17. The molecule has 0 aliphatic carbocycles. The van der Waals surface area contributed by atoms with Crippen LogP contribution in [0.15, 0.2) is 18.2 Å². The van der Waals surface area contributed by atoms with Crippen molar-refractivity contribution in [2.24, 2.45) is 0 Å². The lowest BCUT2D eigenvalue weighted by Gasteiger charge is -2.09. The molecular formula is C10H11ClN2. The molecule has 1 rings (SSSR count). The van der Waals surface area contributed by atoms with Crippen LogP contribution >= 0.6 is 11.6 Å². The van der Waals surface area contributed by atoms with E-state index in [1.807, 2.05) is 32.3 Å². The van der Waals surface area contributed by atoms with Gasteiger partial charge in [-0.2, -0.15) is 5.26 Å². The molecule has 68 valence electrons. The van der Waals surface area contributed by atoms with Crippen LogP contribution in [0.25, 0.3) is 0 Å². The van der Waals surface area contributed by atoms with E-state index in [1.54, 1.807) is 6.07 Å². The van der Waals surface area contributed by atoms with Gasteiger partial charge in [-0.15, -0.1) is 0 Å². The maximum atomic E-state index is 8.65. The van der Waals surface area contributed by atoms with Gasteiger partial charge in [0.2, 0.25) is 0 Å². The van der Waals surface area contributed by atoms with Crippen LogP contribution in [0.4, 0.5) is 0 Å². The fourth-order valence-corrected chi connectivity index (χ4v) is 1.36. The molecule has 0 aromatic heterocycles. The van der Waals surface area contributed by atoms with E-state index in [0.717, 1.165) is 12.1 Å². The second kappa shape index (κ2) is 4.27. The Hall–Kier alpha value is -1.04. The van der Waals surface area contributed by atoms with E-state index in [-0.39, 0.29) is 0 Å². The normalized spacial score (nSPS) is 10.1. The Balaban J connectivity index is 2.91. The Morgan fingerprint density at radius 3 is 2.62 bits per heavy atom. The van der Waals surface area contributed by atoms with Gasteiger partial charge in [-0.05, 0) is 31.8 Å². The topological polar surface area (TPSA) is 27.0 Å². The second-order valence-corrected chi connectivity index (χ2v) is 3.57. The summed E-state index contributed by atoms with van der Waals surface area (Å²) in [5.74, 6) is 0. The molecular weight excluding hydrogens is 184 g/mol. The number of halogens is 1. The minimum absolute atomic E-state index is 0.529. The number of benzene rings is 1. The predicted octanol–water partition coefficient (Wildman–Crippen LogP) is 2.27. The fraction of sp³-hybridized carbons (Fsp3) is 0.300. The van der Waals surface area contributed by atoms with Crippen LogP contribution in [0, 0.1) is 11.3 Å². The summed E-state index contributed by atoms with van der Waals surface area (Å²) in [6.07, 6.45) is 0. The van der Waals surface area contributed by atoms with Crippen molar-refractivity contribution in [3.05, 3.63) is 34.3 Å². The number of nitrogens with zero attached hydrogens (tertiary/aromatic N) is 2. The van der Waals surface area contributed by atoms with Gasteiger partial charge < -0.3 is 4.90 Å². The van der Waals surface area contributed by atoms with Crippen LogP contribution in [-0.2, 0) is 6.54 Å². The molecule has 0 atom stereocenters. The van der Waals surface area contributed by atoms with Gasteiger partial charge in [-0.25, -0.2) is 0 Å². The number of nitriles is 1. The Kier molecular flexibility index (Phi) is 3.30. The molecule has 0 aliphatic heterocycles. The van der Waals surface area contributed by atoms with Crippen molar-refractivity contribution in [3.63, 3.8) is 0 Å². The molecule has 0 N–H and O–H groups in total. The molecule has 0 radical (unpaired) electrons. The average Bonchev–Trinajstić information content (AvgIpc) is 2.03. The van der Waals surface area contributed by atoms with Gasteiger partial charge in [0.05, 0.1) is 10.6 Å². The molecule has 2 nitrogen and oxygen atoms in total. The van der Waals surface area contributed by atoms with Gasteiger partial charge in [0.25, 0.3) is 0 Å². The van der Waals surface area contributed by atoms with Crippen molar-refractivity contribution in [3.8, 4) is 6.07 Å². The van der Waals surface area contributed by atoms with E-state index >= 15 is 0 Å². The molecule has 0 unspecified atom stereocenters. The quantitative estimate of drug-likeness (QED) is 0.722. The molecule has 0 heterocycles. The monoisotopic (exact) mass is 194 g/mol. The van der Waals surface area contributed by atoms with E-state index in [4.69, 9.17) is 16.9 Å². The van der Waals surface area contributed by atoms with Crippen molar-refractivity contribution in [2.75, 3.05) is 14.1 Å². The van der Waals surface area contributed by atoms with Gasteiger partial charge in [-0.1, -0.05) is 17.7 Å². The summed E-state index contributed by atoms with van der Waals surface area (Å²) in [5.41, 5.74) is 1.65. The Morgan fingerprint density at radius 1 is 1.46 bits per heavy atom. The molecule has 13 heavy (non-hydrogen) atoms. The van der Waals surface area contributed by atoms with Crippen LogP contribution in [-0.4, -0.2) is 19.0 Å². The first kappa shape index (κ1) is 10.0. The van der Waals surface area contributed by atoms with Gasteiger partial charge in [0, 0.05) is 6.54 Å². The SMILES string of the molecule is CN(C)Cc1ccc(C#N)c(Cl)c1. The first-order valence-corrected chi connectivity index (χ1v) is 4.34. The van der Waals surface area contributed by atoms with Crippen molar-refractivity contribution in [1.29, 1.82) is 5.26 Å². The van der Waals surface area contributed by atoms with Crippen molar-refractivity contribution in [2.45, 2.75) is 6.54 Å². The van der Waals surface area contributed by atoms with Gasteiger partial charge in [0.15, 0.2) is 0 Å². The Bertz CT molecular complexity index is 339. The lowest BCUT2D eigenvalue weighted by atomic mass is 10.1. The van der Waals surface area contributed by atoms with Crippen LogP contribution in [0.1, 0.15) is 11.1 Å². The van der Waals surface area contributed by atoms with E-state index in [2.05, 4.69) is 4.90 Å². The Morgan fingerprint density at radius 2 is 2.15 bits per heavy atom. The molecule has 0 saturated heterocycles. The van der Waals surface area contributed by atoms with Gasteiger partial charge >= 0.3 is 0 Å². The lowest BCUT2D eigenvalue weighted by molar-refractivity contribution is 0.402. The molecule has 1 aromatic carbocycles. The molecule has 0 spiro atoms. The lowest BCUT2D eigenvalue weighted by Crippen LogP contribution is -2.10. The third-order valence-electron chi connectivity index (χ3n) is 1.65. The molecule has 3 heteroatoms. The Labute approximate surface area is 83.3 Å². The summed E-state index contributed by atoms with van der Waals surface area (Å²) >= 11 is 5.87. The highest BCUT2D eigenvalue weighted by Gasteiger charge is 2.01. The molecule has 0 aliphatic rings. The van der Waals surface area contributed by atoms with Crippen LogP contribution < -0.4 is 0 Å². The maximum Gasteiger partial charge on any atom is 0.101 e. The van der Waals surface area contributed by atoms with Crippen molar-refractivity contribution >= 4 is 11.6 Å². The molecule has 1 aromatic rings. The molecule has 0 fully saturated rings. The number of hydrogen-bond donors (Lipinski definition) is 0. The molecule has 0 amide bonds. The minimum atomic E-state index is 0.529. The van der Waals surface area contributed by atoms with Crippen LogP contribution in [0.2, 0.25) is 5.02 Å². The summed E-state index contributed by atoms with van der Waals surface area (Å²) in [6, 6.07) is 7.54. The number of rotatable bonds is 2. The summed E-state index contributed by atoms with van der Waals surface area (Å²) in [4.78, 5) is 2.05. The van der Waals surface area contributed by atoms with Crippen molar-refractivity contribution < 1.29 is 0 Å². The first-order chi connectivity index (χ1) is 6.13. The predicted molar refractivity (Wildman–Crippen MR) is 53.6 cm³/mol. The standard InChI is InChI=1S/C10H11ClN2/c1-13(2)7-8-3-4-9(6-12)10(11)5-8/h3-5H,7H2,1-2H3. The highest BCUT2D eigenvalue weighted by atomic mass is 35.5. The fourth-order valence-electron chi connectivity index (χ4n) is 1.11. The van der Waals surface area contributed by atoms with Gasteiger partial charge in [-0.3, -0.25) is 0 Å². The van der Waals surface area contributed by atoms with E-state index in [1.165, 1.54) is 0 Å². The van der Waals surface area contributed by atoms with E-state index in [0.29, 0.717) is 10.6 Å². The summed E-state index contributed by atoms with van der Waals surface area (Å²) in [6.45, 7) is 0.839. The second-order valence-electron chi connectivity index (χ2n) is 3.16. The summed E-state index contributed by atoms with van der Waals surface area (Å²) in [7, 11) is 3.98. The van der Waals surface area contributed by atoms with E-state index in [9.17, 15) is 0 Å². The first-order valence-electron chi connectivity index (χ1n) is 3.96. The van der Waals surface area contributed by atoms with Crippen LogP contribution in [0.3, 0.4) is 0 Å². The van der Waals surface area contributed by atoms with Crippen molar-refractivity contribution in [1.82, 2.24) is 4.90 Å². The molecule has 0 bridgehead atoms.